The van der Waals surface area contributed by atoms with Crippen LogP contribution in [0.5, 0.6) is 0 Å². The van der Waals surface area contributed by atoms with Gasteiger partial charge in [0.1, 0.15) is 5.82 Å². The van der Waals surface area contributed by atoms with E-state index in [0.717, 1.165) is 48.5 Å². The van der Waals surface area contributed by atoms with Crippen LogP contribution in [0.1, 0.15) is 17.2 Å². The zero-order valence-electron chi connectivity index (χ0n) is 17.0. The van der Waals surface area contributed by atoms with Crippen LogP contribution in [0.25, 0.3) is 10.9 Å². The van der Waals surface area contributed by atoms with E-state index in [2.05, 4.69) is 38.2 Å². The minimum atomic E-state index is -0.960. The van der Waals surface area contributed by atoms with E-state index < -0.39 is 5.92 Å². The summed E-state index contributed by atoms with van der Waals surface area (Å²) in [6, 6.07) is 17.2. The number of rotatable bonds is 5. The predicted octanol–water partition coefficient (Wildman–Crippen LogP) is 2.31. The number of carbonyl (C=O) groups is 1. The Morgan fingerprint density at radius 1 is 1.13 bits per heavy atom. The Balaban J connectivity index is 1.48. The third kappa shape index (κ3) is 4.24. The molecule has 1 aliphatic heterocycles. The van der Waals surface area contributed by atoms with Crippen LogP contribution in [0.15, 0.2) is 54.7 Å². The van der Waals surface area contributed by atoms with Crippen molar-refractivity contribution >= 4 is 22.6 Å². The molecule has 1 aromatic carbocycles. The predicted molar refractivity (Wildman–Crippen MR) is 116 cm³/mol. The molecule has 4 rings (SSSR count). The average molecular weight is 400 g/mol. The number of amides is 1. The van der Waals surface area contributed by atoms with Gasteiger partial charge in [-0.25, -0.2) is 4.98 Å². The fourth-order valence-electron chi connectivity index (χ4n) is 3.66. The molecule has 30 heavy (non-hydrogen) atoms. The molecule has 0 spiro atoms. The zero-order chi connectivity index (χ0) is 20.9. The monoisotopic (exact) mass is 400 g/mol. The number of hydrogen-bond donors (Lipinski definition) is 1. The first-order valence-electron chi connectivity index (χ1n) is 10.1. The molecule has 0 radical (unpaired) electrons. The molecule has 7 heteroatoms. The van der Waals surface area contributed by atoms with Gasteiger partial charge in [-0.1, -0.05) is 30.3 Å². The summed E-state index contributed by atoms with van der Waals surface area (Å²) in [6.07, 6.45) is 1.77. The van der Waals surface area contributed by atoms with E-state index >= 15 is 0 Å². The lowest BCUT2D eigenvalue weighted by atomic mass is 10.0. The van der Waals surface area contributed by atoms with E-state index in [4.69, 9.17) is 0 Å². The number of pyridine rings is 2. The summed E-state index contributed by atoms with van der Waals surface area (Å²) in [5.41, 5.74) is 2.17. The fourth-order valence-corrected chi connectivity index (χ4v) is 3.66. The molecule has 1 atom stereocenters. The number of para-hydroxylation sites is 1. The van der Waals surface area contributed by atoms with Crippen LogP contribution in [-0.2, 0) is 11.3 Å². The smallest absolute Gasteiger partial charge is 0.243 e. The Morgan fingerprint density at radius 3 is 2.73 bits per heavy atom. The summed E-state index contributed by atoms with van der Waals surface area (Å²) in [5, 5.41) is 13.5. The first-order chi connectivity index (χ1) is 14.7. The van der Waals surface area contributed by atoms with Crippen molar-refractivity contribution in [2.45, 2.75) is 12.5 Å². The van der Waals surface area contributed by atoms with Crippen molar-refractivity contribution in [2.24, 2.45) is 0 Å². The van der Waals surface area contributed by atoms with Crippen molar-refractivity contribution in [3.8, 4) is 6.07 Å². The number of likely N-dealkylation sites (N-methyl/N-ethyl adjacent to an activating group) is 1. The summed E-state index contributed by atoms with van der Waals surface area (Å²) in [7, 11) is 2.11. The third-order valence-electron chi connectivity index (χ3n) is 5.43. The van der Waals surface area contributed by atoms with Crippen molar-refractivity contribution in [2.75, 3.05) is 38.1 Å². The normalized spacial score (nSPS) is 15.5. The first-order valence-corrected chi connectivity index (χ1v) is 10.1. The molecule has 7 nitrogen and oxygen atoms in total. The third-order valence-corrected chi connectivity index (χ3v) is 5.43. The van der Waals surface area contributed by atoms with Gasteiger partial charge in [0.15, 0.2) is 5.92 Å². The lowest BCUT2D eigenvalue weighted by Crippen LogP contribution is -2.45. The van der Waals surface area contributed by atoms with Gasteiger partial charge < -0.3 is 15.1 Å². The number of nitriles is 1. The highest BCUT2D eigenvalue weighted by Crippen LogP contribution is 2.21. The number of hydrogen-bond acceptors (Lipinski definition) is 6. The number of aromatic nitrogens is 2. The van der Waals surface area contributed by atoms with Crippen molar-refractivity contribution in [3.63, 3.8) is 0 Å². The Labute approximate surface area is 176 Å². The van der Waals surface area contributed by atoms with Crippen molar-refractivity contribution in [1.29, 1.82) is 5.26 Å². The maximum Gasteiger partial charge on any atom is 0.243 e. The molecule has 1 amide bonds. The Morgan fingerprint density at radius 2 is 1.93 bits per heavy atom. The van der Waals surface area contributed by atoms with Crippen LogP contribution < -0.4 is 10.2 Å². The average Bonchev–Trinajstić information content (AvgIpc) is 2.79. The Kier molecular flexibility index (Phi) is 5.87. The van der Waals surface area contributed by atoms with Gasteiger partial charge in [0.05, 0.1) is 17.3 Å². The van der Waals surface area contributed by atoms with Crippen molar-refractivity contribution in [3.05, 3.63) is 66.0 Å². The lowest BCUT2D eigenvalue weighted by molar-refractivity contribution is -0.121. The van der Waals surface area contributed by atoms with E-state index in [9.17, 15) is 10.1 Å². The lowest BCUT2D eigenvalue weighted by Gasteiger charge is -2.34. The summed E-state index contributed by atoms with van der Waals surface area (Å²) in [5.74, 6) is -0.421. The molecule has 1 unspecified atom stereocenters. The second kappa shape index (κ2) is 8.89. The number of nitrogens with one attached hydrogen (secondary N) is 1. The largest absolute Gasteiger partial charge is 0.354 e. The molecule has 0 bridgehead atoms. The molecule has 152 valence electrons. The molecule has 3 aromatic rings. The maximum absolute atomic E-state index is 12.8. The Bertz CT molecular complexity index is 1080. The number of nitrogens with zero attached hydrogens (tertiary/aromatic N) is 5. The number of piperazine rings is 1. The first kappa shape index (κ1) is 19.8. The minimum absolute atomic E-state index is 0.320. The Hall–Kier alpha value is -3.50. The van der Waals surface area contributed by atoms with Crippen LogP contribution in [-0.4, -0.2) is 54.0 Å². The molecule has 1 saturated heterocycles. The van der Waals surface area contributed by atoms with Gasteiger partial charge in [0.25, 0.3) is 0 Å². The highest BCUT2D eigenvalue weighted by molar-refractivity contribution is 5.87. The van der Waals surface area contributed by atoms with Crippen LogP contribution in [0, 0.1) is 11.3 Å². The maximum atomic E-state index is 12.8. The second-order valence-corrected chi connectivity index (χ2v) is 7.49. The van der Waals surface area contributed by atoms with Crippen LogP contribution in [0.4, 0.5) is 5.82 Å². The second-order valence-electron chi connectivity index (χ2n) is 7.49. The molecule has 3 heterocycles. The van der Waals surface area contributed by atoms with Crippen LogP contribution >= 0.6 is 0 Å². The number of benzene rings is 1. The van der Waals surface area contributed by atoms with Gasteiger partial charge in [-0.3, -0.25) is 9.78 Å². The zero-order valence-corrected chi connectivity index (χ0v) is 17.0. The van der Waals surface area contributed by atoms with E-state index in [1.54, 1.807) is 12.3 Å². The van der Waals surface area contributed by atoms with Crippen molar-refractivity contribution < 1.29 is 4.79 Å². The van der Waals surface area contributed by atoms with E-state index in [1.807, 2.05) is 42.5 Å². The minimum Gasteiger partial charge on any atom is -0.354 e. The highest BCUT2D eigenvalue weighted by atomic mass is 16.1. The number of fused-ring (bicyclic) bond motifs is 1. The van der Waals surface area contributed by atoms with Crippen molar-refractivity contribution in [1.82, 2.24) is 20.2 Å². The van der Waals surface area contributed by atoms with Gasteiger partial charge in [-0.05, 0) is 25.2 Å². The fraction of sp³-hybridized carbons (Fsp3) is 0.304. The topological polar surface area (TPSA) is 85.1 Å². The van der Waals surface area contributed by atoms with E-state index in [1.165, 1.54) is 0 Å². The van der Waals surface area contributed by atoms with Crippen LogP contribution in [0.3, 0.4) is 0 Å². The standard InChI is InChI=1S/C23H24N6O/c1-28-11-13-29(14-12-28)22-18(6-4-10-25-22)16-26-23(30)19(15-24)21-9-8-17-5-2-3-7-20(17)27-21/h2-10,19H,11-14,16H2,1H3,(H,26,30). The summed E-state index contributed by atoms with van der Waals surface area (Å²) < 4.78 is 0. The molecule has 2 aromatic heterocycles. The van der Waals surface area contributed by atoms with Gasteiger partial charge in [-0.15, -0.1) is 0 Å². The van der Waals surface area contributed by atoms with E-state index in [0.29, 0.717) is 12.2 Å². The summed E-state index contributed by atoms with van der Waals surface area (Å²) in [4.78, 5) is 26.4. The molecule has 1 N–H and O–H groups in total. The van der Waals surface area contributed by atoms with Gasteiger partial charge in [0, 0.05) is 49.9 Å². The van der Waals surface area contributed by atoms with Crippen LogP contribution in [0.2, 0.25) is 0 Å². The quantitative estimate of drug-likeness (QED) is 0.707. The molecular formula is C23H24N6O. The number of anilines is 1. The molecule has 0 aliphatic carbocycles. The molecule has 0 saturated carbocycles. The van der Waals surface area contributed by atoms with Gasteiger partial charge >= 0.3 is 0 Å². The molecule has 1 fully saturated rings. The molecule has 1 aliphatic rings. The van der Waals surface area contributed by atoms with Gasteiger partial charge in [0.2, 0.25) is 5.91 Å². The summed E-state index contributed by atoms with van der Waals surface area (Å²) >= 11 is 0. The number of carbonyl (C=O) groups excluding carboxylic acids is 1. The van der Waals surface area contributed by atoms with Gasteiger partial charge in [-0.2, -0.15) is 5.26 Å². The van der Waals surface area contributed by atoms with E-state index in [-0.39, 0.29) is 5.91 Å². The molecular weight excluding hydrogens is 376 g/mol. The highest BCUT2D eigenvalue weighted by Gasteiger charge is 2.23. The summed E-state index contributed by atoms with van der Waals surface area (Å²) in [6.45, 7) is 4.08. The SMILES string of the molecule is CN1CCN(c2ncccc2CNC(=O)C(C#N)c2ccc3ccccc3n2)CC1.